The van der Waals surface area contributed by atoms with E-state index in [1.54, 1.807) is 6.20 Å². The summed E-state index contributed by atoms with van der Waals surface area (Å²) < 4.78 is 6.02. The molecule has 0 aliphatic rings. The molecule has 0 atom stereocenters. The van der Waals surface area contributed by atoms with Crippen molar-refractivity contribution < 1.29 is 4.74 Å². The molecular weight excluding hydrogens is 262 g/mol. The van der Waals surface area contributed by atoms with Gasteiger partial charge < -0.3 is 15.4 Å². The van der Waals surface area contributed by atoms with E-state index in [9.17, 15) is 0 Å². The normalized spacial score (nSPS) is 10.6. The molecule has 4 heteroatoms. The first-order valence-corrected chi connectivity index (χ1v) is 6.73. The molecule has 2 aromatic carbocycles. The number of hydrogen-bond acceptors (Lipinski definition) is 4. The van der Waals surface area contributed by atoms with Crippen molar-refractivity contribution in [1.82, 2.24) is 4.98 Å². The summed E-state index contributed by atoms with van der Waals surface area (Å²) in [5.74, 6) is 1.54. The van der Waals surface area contributed by atoms with E-state index in [1.807, 2.05) is 67.5 Å². The molecule has 0 aliphatic carbocycles. The summed E-state index contributed by atoms with van der Waals surface area (Å²) in [5.41, 5.74) is 8.46. The minimum absolute atomic E-state index is 0.653. The summed E-state index contributed by atoms with van der Waals surface area (Å²) in [6.45, 7) is 0. The van der Waals surface area contributed by atoms with Gasteiger partial charge in [0.2, 0.25) is 0 Å². The molecule has 3 aromatic rings. The van der Waals surface area contributed by atoms with Gasteiger partial charge in [0.15, 0.2) is 0 Å². The van der Waals surface area contributed by atoms with Crippen LogP contribution in [0.3, 0.4) is 0 Å². The Morgan fingerprint density at radius 2 is 1.86 bits per heavy atom. The first kappa shape index (κ1) is 13.2. The lowest BCUT2D eigenvalue weighted by atomic mass is 10.2. The van der Waals surface area contributed by atoms with Crippen LogP contribution in [0.15, 0.2) is 54.7 Å². The molecule has 0 amide bonds. The van der Waals surface area contributed by atoms with Crippen LogP contribution >= 0.6 is 0 Å². The van der Waals surface area contributed by atoms with Crippen molar-refractivity contribution >= 4 is 22.3 Å². The van der Waals surface area contributed by atoms with Crippen LogP contribution < -0.4 is 15.4 Å². The van der Waals surface area contributed by atoms with Crippen molar-refractivity contribution in [1.29, 1.82) is 0 Å². The number of benzene rings is 2. The molecule has 106 valence electrons. The second kappa shape index (κ2) is 5.32. The summed E-state index contributed by atoms with van der Waals surface area (Å²) >= 11 is 0. The van der Waals surface area contributed by atoms with E-state index in [2.05, 4.69) is 4.98 Å². The predicted octanol–water partition coefficient (Wildman–Crippen LogP) is 3.68. The molecule has 0 spiro atoms. The van der Waals surface area contributed by atoms with Gasteiger partial charge in [0.25, 0.3) is 0 Å². The zero-order valence-electron chi connectivity index (χ0n) is 12.1. The SMILES string of the molecule is CN(C)c1cccc(Oc2ccnc3c(N)cccc23)c1. The van der Waals surface area contributed by atoms with Crippen LogP contribution in [0, 0.1) is 0 Å². The monoisotopic (exact) mass is 279 g/mol. The fourth-order valence-corrected chi connectivity index (χ4v) is 2.21. The van der Waals surface area contributed by atoms with Crippen molar-refractivity contribution in [2.45, 2.75) is 0 Å². The third kappa shape index (κ3) is 2.60. The molecule has 0 saturated heterocycles. The van der Waals surface area contributed by atoms with Crippen LogP contribution in [0.1, 0.15) is 0 Å². The lowest BCUT2D eigenvalue weighted by molar-refractivity contribution is 0.488. The van der Waals surface area contributed by atoms with Crippen molar-refractivity contribution in [3.05, 3.63) is 54.7 Å². The Morgan fingerprint density at radius 1 is 1.05 bits per heavy atom. The molecule has 1 aromatic heterocycles. The summed E-state index contributed by atoms with van der Waals surface area (Å²) in [4.78, 5) is 6.35. The van der Waals surface area contributed by atoms with Gasteiger partial charge in [-0.3, -0.25) is 4.98 Å². The highest BCUT2D eigenvalue weighted by molar-refractivity contribution is 5.93. The maximum absolute atomic E-state index is 6.02. The number of nitrogens with zero attached hydrogens (tertiary/aromatic N) is 2. The molecule has 1 heterocycles. The zero-order valence-corrected chi connectivity index (χ0v) is 12.1. The molecule has 2 N–H and O–H groups in total. The van der Waals surface area contributed by atoms with Crippen molar-refractivity contribution in [2.75, 3.05) is 24.7 Å². The van der Waals surface area contributed by atoms with Gasteiger partial charge in [-0.15, -0.1) is 0 Å². The third-order valence-corrected chi connectivity index (χ3v) is 3.32. The van der Waals surface area contributed by atoms with Gasteiger partial charge in [-0.05, 0) is 30.3 Å². The van der Waals surface area contributed by atoms with E-state index >= 15 is 0 Å². The Balaban J connectivity index is 2.02. The first-order valence-electron chi connectivity index (χ1n) is 6.73. The van der Waals surface area contributed by atoms with Crippen molar-refractivity contribution in [2.24, 2.45) is 0 Å². The summed E-state index contributed by atoms with van der Waals surface area (Å²) in [5, 5.41) is 0.910. The van der Waals surface area contributed by atoms with E-state index in [0.29, 0.717) is 5.69 Å². The minimum atomic E-state index is 0.653. The summed E-state index contributed by atoms with van der Waals surface area (Å²) in [7, 11) is 4.00. The van der Waals surface area contributed by atoms with Gasteiger partial charge in [-0.25, -0.2) is 0 Å². The topological polar surface area (TPSA) is 51.4 Å². The van der Waals surface area contributed by atoms with Crippen LogP contribution in [0.25, 0.3) is 10.9 Å². The van der Waals surface area contributed by atoms with E-state index in [-0.39, 0.29) is 0 Å². The maximum Gasteiger partial charge on any atom is 0.138 e. The molecule has 4 nitrogen and oxygen atoms in total. The molecule has 0 saturated carbocycles. The number of para-hydroxylation sites is 1. The predicted molar refractivity (Wildman–Crippen MR) is 87.0 cm³/mol. The standard InChI is InChI=1S/C17H17N3O/c1-20(2)12-5-3-6-13(11-12)21-16-9-10-19-17-14(16)7-4-8-15(17)18/h3-11H,18H2,1-2H3. The van der Waals surface area contributed by atoms with Crippen molar-refractivity contribution in [3.8, 4) is 11.5 Å². The molecule has 3 rings (SSSR count). The highest BCUT2D eigenvalue weighted by atomic mass is 16.5. The Morgan fingerprint density at radius 3 is 2.67 bits per heavy atom. The Hall–Kier alpha value is -2.75. The minimum Gasteiger partial charge on any atom is -0.457 e. The van der Waals surface area contributed by atoms with Gasteiger partial charge in [0, 0.05) is 37.4 Å². The number of aromatic nitrogens is 1. The molecule has 0 aliphatic heterocycles. The highest BCUT2D eigenvalue weighted by Gasteiger charge is 2.07. The molecule has 0 unspecified atom stereocenters. The van der Waals surface area contributed by atoms with E-state index in [4.69, 9.17) is 10.5 Å². The lowest BCUT2D eigenvalue weighted by Crippen LogP contribution is -2.08. The number of nitrogen functional groups attached to an aromatic ring is 1. The van der Waals surface area contributed by atoms with Gasteiger partial charge in [0.1, 0.15) is 11.5 Å². The molecule has 0 bridgehead atoms. The van der Waals surface area contributed by atoms with Gasteiger partial charge in [-0.1, -0.05) is 12.1 Å². The fourth-order valence-electron chi connectivity index (χ4n) is 2.21. The Kier molecular flexibility index (Phi) is 3.36. The van der Waals surface area contributed by atoms with Crippen LogP contribution in [0.2, 0.25) is 0 Å². The van der Waals surface area contributed by atoms with Gasteiger partial charge in [0.05, 0.1) is 11.2 Å². The maximum atomic E-state index is 6.02. The van der Waals surface area contributed by atoms with E-state index < -0.39 is 0 Å². The zero-order chi connectivity index (χ0) is 14.8. The molecular formula is C17H17N3O. The fraction of sp³-hybridized carbons (Fsp3) is 0.118. The van der Waals surface area contributed by atoms with Crippen LogP contribution in [-0.2, 0) is 0 Å². The lowest BCUT2D eigenvalue weighted by Gasteiger charge is -2.14. The third-order valence-electron chi connectivity index (χ3n) is 3.32. The molecule has 0 fully saturated rings. The number of nitrogens with two attached hydrogens (primary N) is 1. The second-order valence-corrected chi connectivity index (χ2v) is 5.05. The average Bonchev–Trinajstić information content (AvgIpc) is 2.49. The molecule has 21 heavy (non-hydrogen) atoms. The van der Waals surface area contributed by atoms with E-state index in [1.165, 1.54) is 0 Å². The van der Waals surface area contributed by atoms with Crippen LogP contribution in [0.4, 0.5) is 11.4 Å². The Labute approximate surface area is 123 Å². The van der Waals surface area contributed by atoms with Gasteiger partial charge in [-0.2, -0.15) is 0 Å². The van der Waals surface area contributed by atoms with Crippen LogP contribution in [-0.4, -0.2) is 19.1 Å². The summed E-state index contributed by atoms with van der Waals surface area (Å²) in [6.07, 6.45) is 1.71. The number of hydrogen-bond donors (Lipinski definition) is 1. The molecule has 0 radical (unpaired) electrons. The van der Waals surface area contributed by atoms with E-state index in [0.717, 1.165) is 28.1 Å². The second-order valence-electron chi connectivity index (χ2n) is 5.05. The number of pyridine rings is 1. The number of rotatable bonds is 3. The highest BCUT2D eigenvalue weighted by Crippen LogP contribution is 2.32. The van der Waals surface area contributed by atoms with Crippen LogP contribution in [0.5, 0.6) is 11.5 Å². The largest absolute Gasteiger partial charge is 0.457 e. The van der Waals surface area contributed by atoms with Gasteiger partial charge >= 0.3 is 0 Å². The quantitative estimate of drug-likeness (QED) is 0.743. The first-order chi connectivity index (χ1) is 10.1. The Bertz CT molecular complexity index is 784. The average molecular weight is 279 g/mol. The number of fused-ring (bicyclic) bond motifs is 1. The van der Waals surface area contributed by atoms with Crippen molar-refractivity contribution in [3.63, 3.8) is 0 Å². The summed E-state index contributed by atoms with van der Waals surface area (Å²) in [6, 6.07) is 15.5. The number of anilines is 2. The number of ether oxygens (including phenoxy) is 1. The smallest absolute Gasteiger partial charge is 0.138 e.